The second-order valence-corrected chi connectivity index (χ2v) is 28.0. The molecule has 56 heavy (non-hydrogen) atoms. The van der Waals surface area contributed by atoms with E-state index in [-0.39, 0.29) is 9.79 Å². The number of unbranched alkanes of at least 4 members (excludes halogenated alkanes) is 11. The van der Waals surface area contributed by atoms with Crippen LogP contribution < -0.4 is 0 Å². The van der Waals surface area contributed by atoms with Crippen LogP contribution in [0.2, 0.25) is 0 Å². The highest BCUT2D eigenvalue weighted by atomic mass is 32.2. The van der Waals surface area contributed by atoms with Gasteiger partial charge in [0, 0.05) is 14.5 Å². The summed E-state index contributed by atoms with van der Waals surface area (Å²) in [6.45, 7) is 18.0. The van der Waals surface area contributed by atoms with E-state index >= 15 is 0 Å². The van der Waals surface area contributed by atoms with Gasteiger partial charge in [0.25, 0.3) is 0 Å². The summed E-state index contributed by atoms with van der Waals surface area (Å²) in [5.74, 6) is 0. The molecule has 0 bridgehead atoms. The molecule has 0 aliphatic heterocycles. The van der Waals surface area contributed by atoms with Crippen LogP contribution in [0.3, 0.4) is 0 Å². The van der Waals surface area contributed by atoms with Crippen LogP contribution in [0.1, 0.15) is 168 Å². The van der Waals surface area contributed by atoms with Gasteiger partial charge in [0.2, 0.25) is 0 Å². The summed E-state index contributed by atoms with van der Waals surface area (Å²) in [6.07, 6.45) is 39.5. The Morgan fingerprint density at radius 2 is 0.554 bits per heavy atom. The topological polar surface area (TPSA) is 114 Å². The number of benzene rings is 2. The van der Waals surface area contributed by atoms with E-state index < -0.39 is 34.8 Å². The molecule has 6 nitrogen and oxygen atoms in total. The summed E-state index contributed by atoms with van der Waals surface area (Å²) in [6, 6.07) is 11.6. The van der Waals surface area contributed by atoms with Crippen LogP contribution in [0.25, 0.3) is 0 Å². The monoisotopic (exact) mass is 859 g/mol. The molecule has 0 aromatic heterocycles. The van der Waals surface area contributed by atoms with Gasteiger partial charge in [-0.25, -0.2) is 16.8 Å². The third kappa shape index (κ3) is 26.3. The predicted molar refractivity (Wildman–Crippen MR) is 248 cm³/mol. The van der Waals surface area contributed by atoms with E-state index in [4.69, 9.17) is 0 Å². The standard InChI is InChI=1S/C32H70P2.2C7H8O3S/c1-7-13-25-33(26-14-8-2,27-15-9-3)31-23-21-19-20-22-24-32-34(28-16-10-4,29-17-11-5)30-18-12-6;2*1-6-2-4-7(5-3-6)11(8,9)10/h7-32H2,1-6H3;2*2-5H,1H3,(H,8,9,10)/q+2;;/p-2. The fourth-order valence-electron chi connectivity index (χ4n) is 7.31. The molecule has 2 rings (SSSR count). The van der Waals surface area contributed by atoms with Crippen molar-refractivity contribution in [2.75, 3.05) is 49.3 Å². The van der Waals surface area contributed by atoms with Crippen LogP contribution in [0.4, 0.5) is 0 Å². The first kappa shape index (κ1) is 55.1. The van der Waals surface area contributed by atoms with Gasteiger partial charge in [0.1, 0.15) is 20.2 Å². The predicted octanol–water partition coefficient (Wildman–Crippen LogP) is 14.0. The van der Waals surface area contributed by atoms with Gasteiger partial charge in [0.05, 0.1) is 59.1 Å². The van der Waals surface area contributed by atoms with Crippen molar-refractivity contribution in [2.24, 2.45) is 0 Å². The van der Waals surface area contributed by atoms with Gasteiger partial charge in [-0.3, -0.25) is 0 Å². The Morgan fingerprint density at radius 3 is 0.750 bits per heavy atom. The van der Waals surface area contributed by atoms with Crippen molar-refractivity contribution in [3.63, 3.8) is 0 Å². The van der Waals surface area contributed by atoms with Gasteiger partial charge < -0.3 is 9.11 Å². The maximum Gasteiger partial charge on any atom is 0.124 e. The summed E-state index contributed by atoms with van der Waals surface area (Å²) in [5, 5.41) is 0. The van der Waals surface area contributed by atoms with Crippen molar-refractivity contribution in [1.82, 2.24) is 0 Å². The maximum absolute atomic E-state index is 10.4. The van der Waals surface area contributed by atoms with Gasteiger partial charge in [-0.1, -0.05) is 128 Å². The minimum Gasteiger partial charge on any atom is -0.744 e. The number of hydrogen-bond acceptors (Lipinski definition) is 6. The molecule has 0 radical (unpaired) electrons. The van der Waals surface area contributed by atoms with Crippen molar-refractivity contribution in [1.29, 1.82) is 0 Å². The minimum atomic E-state index is -4.27. The molecular formula is C46H84O6P2S2. The quantitative estimate of drug-likeness (QED) is 0.0457. The molecule has 2 aromatic carbocycles. The van der Waals surface area contributed by atoms with Crippen LogP contribution in [0.15, 0.2) is 58.3 Å². The van der Waals surface area contributed by atoms with Crippen LogP contribution >= 0.6 is 14.5 Å². The third-order valence-electron chi connectivity index (χ3n) is 11.1. The molecule has 0 atom stereocenters. The highest BCUT2D eigenvalue weighted by Gasteiger charge is 2.35. The minimum absolute atomic E-state index is 0.178. The van der Waals surface area contributed by atoms with Crippen molar-refractivity contribution in [3.05, 3.63) is 59.7 Å². The molecule has 0 saturated carbocycles. The Bertz CT molecular complexity index is 1290. The summed E-state index contributed by atoms with van der Waals surface area (Å²) >= 11 is 0. The Hall–Kier alpha value is -0.880. The van der Waals surface area contributed by atoms with E-state index in [1.807, 2.05) is 13.8 Å². The van der Waals surface area contributed by atoms with Gasteiger partial charge in [-0.2, -0.15) is 0 Å². The zero-order chi connectivity index (χ0) is 42.4. The molecule has 10 heteroatoms. The summed E-state index contributed by atoms with van der Waals surface area (Å²) in [4.78, 5) is -0.355. The highest BCUT2D eigenvalue weighted by Crippen LogP contribution is 2.62. The largest absolute Gasteiger partial charge is 0.744 e. The number of rotatable bonds is 29. The lowest BCUT2D eigenvalue weighted by atomic mass is 10.1. The van der Waals surface area contributed by atoms with Crippen molar-refractivity contribution in [2.45, 2.75) is 181 Å². The average Bonchev–Trinajstić information content (AvgIpc) is 3.16. The van der Waals surface area contributed by atoms with E-state index in [2.05, 4.69) is 41.5 Å². The molecular weight excluding hydrogens is 775 g/mol. The molecule has 2 aromatic rings. The molecule has 0 aliphatic carbocycles. The van der Waals surface area contributed by atoms with E-state index in [1.54, 1.807) is 86.4 Å². The molecule has 0 saturated heterocycles. The Kier molecular flexibility index (Phi) is 31.5. The van der Waals surface area contributed by atoms with E-state index in [0.717, 1.165) is 11.1 Å². The third-order valence-corrected chi connectivity index (χ3v) is 22.9. The van der Waals surface area contributed by atoms with Gasteiger partial charge >= 0.3 is 0 Å². The normalized spacial score (nSPS) is 12.1. The van der Waals surface area contributed by atoms with Crippen LogP contribution in [-0.4, -0.2) is 75.2 Å². The smallest absolute Gasteiger partial charge is 0.124 e. The van der Waals surface area contributed by atoms with Crippen LogP contribution in [0.5, 0.6) is 0 Å². The highest BCUT2D eigenvalue weighted by molar-refractivity contribution is 7.86. The molecule has 0 aliphatic rings. The Labute approximate surface area is 348 Å². The Morgan fingerprint density at radius 1 is 0.357 bits per heavy atom. The lowest BCUT2D eigenvalue weighted by Crippen LogP contribution is -2.13. The number of hydrogen-bond donors (Lipinski definition) is 0. The van der Waals surface area contributed by atoms with Crippen LogP contribution in [0, 0.1) is 13.8 Å². The zero-order valence-corrected chi connectivity index (χ0v) is 40.6. The molecule has 0 unspecified atom stereocenters. The first-order chi connectivity index (χ1) is 26.6. The lowest BCUT2D eigenvalue weighted by molar-refractivity contribution is 0.461. The molecule has 326 valence electrons. The molecule has 0 spiro atoms. The van der Waals surface area contributed by atoms with Crippen molar-refractivity contribution in [3.8, 4) is 0 Å². The lowest BCUT2D eigenvalue weighted by Gasteiger charge is -2.28. The van der Waals surface area contributed by atoms with E-state index in [0.29, 0.717) is 0 Å². The first-order valence-electron chi connectivity index (χ1n) is 22.3. The van der Waals surface area contributed by atoms with Crippen molar-refractivity contribution < 1.29 is 25.9 Å². The first-order valence-corrected chi connectivity index (χ1v) is 30.2. The van der Waals surface area contributed by atoms with E-state index in [1.165, 1.54) is 127 Å². The zero-order valence-electron chi connectivity index (χ0n) is 37.2. The maximum atomic E-state index is 10.4. The summed E-state index contributed by atoms with van der Waals surface area (Å²) in [5.41, 5.74) is 1.86. The SMILES string of the molecule is CCCC[P+](CCCC)(CCCC)CCCCCCCC[P+](CCCC)(CCCC)CCCC.Cc1ccc(S(=O)(=O)[O-])cc1.Cc1ccc(S(=O)(=O)[O-])cc1. The summed E-state index contributed by atoms with van der Waals surface area (Å²) < 4.78 is 62.3. The van der Waals surface area contributed by atoms with E-state index in [9.17, 15) is 25.9 Å². The molecule has 0 heterocycles. The molecule has 0 fully saturated rings. The Balaban J connectivity index is 0.00000109. The number of aryl methyl sites for hydroxylation is 2. The molecule has 0 N–H and O–H groups in total. The summed E-state index contributed by atoms with van der Waals surface area (Å²) in [7, 11) is -9.85. The van der Waals surface area contributed by atoms with Crippen molar-refractivity contribution >= 4 is 34.8 Å². The average molecular weight is 859 g/mol. The van der Waals surface area contributed by atoms with Crippen LogP contribution in [-0.2, 0) is 20.2 Å². The second-order valence-electron chi connectivity index (χ2n) is 16.2. The second kappa shape index (κ2) is 32.0. The van der Waals surface area contributed by atoms with Gasteiger partial charge in [-0.15, -0.1) is 0 Å². The van der Waals surface area contributed by atoms with Gasteiger partial charge in [-0.05, 0) is 102 Å². The molecule has 0 amide bonds. The fraction of sp³-hybridized carbons (Fsp3) is 0.739. The fourth-order valence-corrected chi connectivity index (χ4v) is 18.6. The van der Waals surface area contributed by atoms with Gasteiger partial charge in [0.15, 0.2) is 0 Å².